The van der Waals surface area contributed by atoms with Gasteiger partial charge in [0, 0.05) is 12.0 Å². The fraction of sp³-hybridized carbons (Fsp3) is 0.385. The van der Waals surface area contributed by atoms with E-state index in [1.165, 1.54) is 0 Å². The fourth-order valence-electron chi connectivity index (χ4n) is 1.33. The Morgan fingerprint density at radius 1 is 1.19 bits per heavy atom. The summed E-state index contributed by atoms with van der Waals surface area (Å²) in [5.74, 6) is -0.100. The lowest BCUT2D eigenvalue weighted by molar-refractivity contribution is -0.121. The number of Topliss-reactive ketones (excluding diaryl/α,β-unsaturated/α-hetero) is 1. The highest BCUT2D eigenvalue weighted by Crippen LogP contribution is 1.99. The van der Waals surface area contributed by atoms with Crippen molar-refractivity contribution >= 4 is 11.7 Å². The topological polar surface area (TPSA) is 46.2 Å². The average Bonchev–Trinajstić information content (AvgIpc) is 2.34. The maximum atomic E-state index is 11.6. The van der Waals surface area contributed by atoms with E-state index in [0.29, 0.717) is 12.0 Å². The molecule has 0 saturated heterocycles. The minimum absolute atomic E-state index is 0.0499. The smallest absolute Gasteiger partial charge is 0.220 e. The maximum absolute atomic E-state index is 11.6. The van der Waals surface area contributed by atoms with Gasteiger partial charge in [0.15, 0.2) is 5.78 Å². The zero-order chi connectivity index (χ0) is 11.8. The van der Waals surface area contributed by atoms with Crippen LogP contribution >= 0.6 is 0 Å². The molecule has 86 valence electrons. The van der Waals surface area contributed by atoms with Crippen LogP contribution in [0.3, 0.4) is 0 Å². The van der Waals surface area contributed by atoms with Crippen molar-refractivity contribution < 1.29 is 9.59 Å². The highest BCUT2D eigenvalue weighted by Gasteiger charge is 2.06. The first-order valence-corrected chi connectivity index (χ1v) is 5.59. The fourth-order valence-corrected chi connectivity index (χ4v) is 1.33. The molecule has 1 amide bonds. The molecule has 3 heteroatoms. The molecule has 0 aliphatic rings. The van der Waals surface area contributed by atoms with E-state index in [4.69, 9.17) is 0 Å². The Balaban J connectivity index is 2.33. The molecule has 0 atom stereocenters. The number of unbranched alkanes of at least 4 members (excludes halogenated alkanes) is 1. The molecular weight excluding hydrogens is 202 g/mol. The Morgan fingerprint density at radius 3 is 2.50 bits per heavy atom. The van der Waals surface area contributed by atoms with E-state index in [2.05, 4.69) is 5.32 Å². The summed E-state index contributed by atoms with van der Waals surface area (Å²) in [7, 11) is 0. The zero-order valence-corrected chi connectivity index (χ0v) is 9.53. The van der Waals surface area contributed by atoms with Gasteiger partial charge in [-0.3, -0.25) is 9.59 Å². The van der Waals surface area contributed by atoms with E-state index < -0.39 is 0 Å². The quantitative estimate of drug-likeness (QED) is 0.745. The Labute approximate surface area is 95.9 Å². The predicted molar refractivity (Wildman–Crippen MR) is 63.3 cm³/mol. The first-order chi connectivity index (χ1) is 7.74. The molecule has 0 heterocycles. The van der Waals surface area contributed by atoms with Crippen LogP contribution < -0.4 is 5.32 Å². The first kappa shape index (κ1) is 12.4. The van der Waals surface area contributed by atoms with Gasteiger partial charge in [-0.25, -0.2) is 0 Å². The van der Waals surface area contributed by atoms with Crippen LogP contribution in [0.1, 0.15) is 36.5 Å². The maximum Gasteiger partial charge on any atom is 0.220 e. The molecule has 0 unspecified atom stereocenters. The third-order valence-electron chi connectivity index (χ3n) is 2.30. The summed E-state index contributed by atoms with van der Waals surface area (Å²) in [5, 5.41) is 2.63. The van der Waals surface area contributed by atoms with Crippen molar-refractivity contribution in [2.24, 2.45) is 0 Å². The van der Waals surface area contributed by atoms with E-state index in [0.717, 1.165) is 12.8 Å². The summed E-state index contributed by atoms with van der Waals surface area (Å²) in [6.45, 7) is 2.12. The van der Waals surface area contributed by atoms with Crippen LogP contribution in [-0.4, -0.2) is 18.2 Å². The summed E-state index contributed by atoms with van der Waals surface area (Å²) < 4.78 is 0. The lowest BCUT2D eigenvalue weighted by Gasteiger charge is -2.03. The van der Waals surface area contributed by atoms with Crippen molar-refractivity contribution in [2.75, 3.05) is 6.54 Å². The van der Waals surface area contributed by atoms with Gasteiger partial charge in [-0.2, -0.15) is 0 Å². The zero-order valence-electron chi connectivity index (χ0n) is 9.53. The van der Waals surface area contributed by atoms with Crippen LogP contribution in [0.25, 0.3) is 0 Å². The molecule has 0 aromatic heterocycles. The van der Waals surface area contributed by atoms with E-state index in [1.54, 1.807) is 12.1 Å². The van der Waals surface area contributed by atoms with Crippen LogP contribution in [0.4, 0.5) is 0 Å². The largest absolute Gasteiger partial charge is 0.349 e. The number of ketones is 1. The molecule has 0 spiro atoms. The molecule has 0 aliphatic carbocycles. The number of hydrogen-bond acceptors (Lipinski definition) is 2. The molecule has 0 aliphatic heterocycles. The van der Waals surface area contributed by atoms with Crippen LogP contribution in [0, 0.1) is 0 Å². The molecule has 1 aromatic rings. The lowest BCUT2D eigenvalue weighted by atomic mass is 10.1. The monoisotopic (exact) mass is 219 g/mol. The van der Waals surface area contributed by atoms with Crippen molar-refractivity contribution in [3.05, 3.63) is 35.9 Å². The lowest BCUT2D eigenvalue weighted by Crippen LogP contribution is -2.29. The molecular formula is C13H17NO2. The summed E-state index contributed by atoms with van der Waals surface area (Å²) in [6.07, 6.45) is 2.35. The number of carbonyl (C=O) groups is 2. The van der Waals surface area contributed by atoms with Crippen molar-refractivity contribution in [1.29, 1.82) is 0 Å². The van der Waals surface area contributed by atoms with Crippen molar-refractivity contribution in [2.45, 2.75) is 26.2 Å². The van der Waals surface area contributed by atoms with Crippen molar-refractivity contribution in [3.8, 4) is 0 Å². The number of carbonyl (C=O) groups excluding carboxylic acids is 2. The highest BCUT2D eigenvalue weighted by atomic mass is 16.2. The second-order valence-electron chi connectivity index (χ2n) is 3.67. The molecule has 1 rings (SSSR count). The predicted octanol–water partition coefficient (Wildman–Crippen LogP) is 2.18. The van der Waals surface area contributed by atoms with Gasteiger partial charge in [0.2, 0.25) is 5.91 Å². The van der Waals surface area contributed by atoms with Gasteiger partial charge in [0.05, 0.1) is 6.54 Å². The number of rotatable bonds is 6. The Morgan fingerprint density at radius 2 is 1.88 bits per heavy atom. The standard InChI is InChI=1S/C13H17NO2/c1-2-3-9-13(16)14-10-12(15)11-7-5-4-6-8-11/h4-8H,2-3,9-10H2,1H3,(H,14,16). The van der Waals surface area contributed by atoms with Gasteiger partial charge in [0.25, 0.3) is 0 Å². The SMILES string of the molecule is CCCCC(=O)NCC(=O)c1ccccc1. The molecule has 0 saturated carbocycles. The number of hydrogen-bond donors (Lipinski definition) is 1. The third kappa shape index (κ3) is 4.26. The molecule has 0 fully saturated rings. The van der Waals surface area contributed by atoms with Crippen LogP contribution in [0.5, 0.6) is 0 Å². The van der Waals surface area contributed by atoms with Crippen molar-refractivity contribution in [3.63, 3.8) is 0 Å². The van der Waals surface area contributed by atoms with E-state index in [9.17, 15) is 9.59 Å². The first-order valence-electron chi connectivity index (χ1n) is 5.59. The number of nitrogens with one attached hydrogen (secondary N) is 1. The normalized spacial score (nSPS) is 9.81. The molecule has 1 N–H and O–H groups in total. The molecule has 0 bridgehead atoms. The minimum atomic E-state index is -0.0505. The molecule has 3 nitrogen and oxygen atoms in total. The van der Waals surface area contributed by atoms with E-state index in [1.807, 2.05) is 25.1 Å². The Bertz CT molecular complexity index is 346. The van der Waals surface area contributed by atoms with E-state index >= 15 is 0 Å². The van der Waals surface area contributed by atoms with Gasteiger partial charge >= 0.3 is 0 Å². The number of benzene rings is 1. The Kier molecular flexibility index (Phi) is 5.26. The second kappa shape index (κ2) is 6.77. The molecule has 16 heavy (non-hydrogen) atoms. The number of amides is 1. The van der Waals surface area contributed by atoms with Crippen LogP contribution in [0.15, 0.2) is 30.3 Å². The Hall–Kier alpha value is -1.64. The third-order valence-corrected chi connectivity index (χ3v) is 2.30. The van der Waals surface area contributed by atoms with Gasteiger partial charge < -0.3 is 5.32 Å². The highest BCUT2D eigenvalue weighted by molar-refractivity contribution is 5.99. The second-order valence-corrected chi connectivity index (χ2v) is 3.67. The van der Waals surface area contributed by atoms with Gasteiger partial charge in [0.1, 0.15) is 0 Å². The summed E-state index contributed by atoms with van der Waals surface area (Å²) >= 11 is 0. The summed E-state index contributed by atoms with van der Waals surface area (Å²) in [5.41, 5.74) is 0.637. The van der Waals surface area contributed by atoms with E-state index in [-0.39, 0.29) is 18.2 Å². The van der Waals surface area contributed by atoms with Gasteiger partial charge in [-0.15, -0.1) is 0 Å². The van der Waals surface area contributed by atoms with Crippen LogP contribution in [0.2, 0.25) is 0 Å². The minimum Gasteiger partial charge on any atom is -0.349 e. The molecule has 0 radical (unpaired) electrons. The van der Waals surface area contributed by atoms with Gasteiger partial charge in [-0.1, -0.05) is 43.7 Å². The molecule has 1 aromatic carbocycles. The summed E-state index contributed by atoms with van der Waals surface area (Å²) in [4.78, 5) is 22.9. The van der Waals surface area contributed by atoms with Crippen LogP contribution in [-0.2, 0) is 4.79 Å². The summed E-state index contributed by atoms with van der Waals surface area (Å²) in [6, 6.07) is 8.98. The van der Waals surface area contributed by atoms with Crippen molar-refractivity contribution in [1.82, 2.24) is 5.32 Å². The van der Waals surface area contributed by atoms with Gasteiger partial charge in [-0.05, 0) is 6.42 Å². The average molecular weight is 219 g/mol.